The second-order valence-corrected chi connectivity index (χ2v) is 2.06. The summed E-state index contributed by atoms with van der Waals surface area (Å²) in [5.41, 5.74) is 0. The standard InChI is InChI=1S/C7H13NO3/c1-3-6(9)8(4-2)5-7(10)11/h3,7,10-11H,1,4-5H2,2H3. The number of nitrogens with zero attached hydrogens (tertiary/aromatic N) is 1. The number of hydrogen-bond acceptors (Lipinski definition) is 3. The van der Waals surface area contributed by atoms with Crippen LogP contribution in [0, 0.1) is 0 Å². The molecule has 0 aliphatic heterocycles. The Morgan fingerprint density at radius 3 is 2.55 bits per heavy atom. The van der Waals surface area contributed by atoms with Crippen LogP contribution < -0.4 is 0 Å². The molecule has 0 aromatic heterocycles. The molecule has 0 spiro atoms. The lowest BCUT2D eigenvalue weighted by Crippen LogP contribution is -2.36. The number of hydrogen-bond donors (Lipinski definition) is 2. The third-order valence-corrected chi connectivity index (χ3v) is 1.25. The summed E-state index contributed by atoms with van der Waals surface area (Å²) in [6, 6.07) is 0. The van der Waals surface area contributed by atoms with Gasteiger partial charge < -0.3 is 15.1 Å². The van der Waals surface area contributed by atoms with E-state index in [1.165, 1.54) is 4.90 Å². The minimum atomic E-state index is -1.47. The zero-order valence-corrected chi connectivity index (χ0v) is 6.53. The van der Waals surface area contributed by atoms with E-state index in [4.69, 9.17) is 10.2 Å². The summed E-state index contributed by atoms with van der Waals surface area (Å²) in [4.78, 5) is 12.2. The Bertz CT molecular complexity index is 145. The summed E-state index contributed by atoms with van der Waals surface area (Å²) in [6.45, 7) is 5.41. The summed E-state index contributed by atoms with van der Waals surface area (Å²) >= 11 is 0. The largest absolute Gasteiger partial charge is 0.367 e. The van der Waals surface area contributed by atoms with E-state index in [1.54, 1.807) is 6.92 Å². The number of aliphatic hydroxyl groups excluding tert-OH is 1. The molecule has 64 valence electrons. The molecule has 0 aliphatic carbocycles. The third-order valence-electron chi connectivity index (χ3n) is 1.25. The quantitative estimate of drug-likeness (QED) is 0.422. The van der Waals surface area contributed by atoms with Gasteiger partial charge >= 0.3 is 0 Å². The van der Waals surface area contributed by atoms with Crippen LogP contribution in [0.5, 0.6) is 0 Å². The van der Waals surface area contributed by atoms with E-state index in [2.05, 4.69) is 6.58 Å². The zero-order chi connectivity index (χ0) is 8.85. The first kappa shape index (κ1) is 10.1. The van der Waals surface area contributed by atoms with Crippen molar-refractivity contribution in [3.8, 4) is 0 Å². The van der Waals surface area contributed by atoms with Gasteiger partial charge in [-0.3, -0.25) is 4.79 Å². The molecule has 2 N–H and O–H groups in total. The Morgan fingerprint density at radius 1 is 1.73 bits per heavy atom. The maximum absolute atomic E-state index is 10.9. The molecule has 0 rings (SSSR count). The Balaban J connectivity index is 3.94. The number of rotatable bonds is 4. The van der Waals surface area contributed by atoms with Crippen LogP contribution in [-0.4, -0.2) is 40.4 Å². The van der Waals surface area contributed by atoms with Gasteiger partial charge in [-0.15, -0.1) is 0 Å². The molecule has 0 aliphatic rings. The lowest BCUT2D eigenvalue weighted by Gasteiger charge is -2.19. The zero-order valence-electron chi connectivity index (χ0n) is 6.53. The molecule has 0 heterocycles. The summed E-state index contributed by atoms with van der Waals surface area (Å²) in [5, 5.41) is 17.1. The van der Waals surface area contributed by atoms with Crippen molar-refractivity contribution in [2.24, 2.45) is 0 Å². The summed E-state index contributed by atoms with van der Waals surface area (Å²) in [6.07, 6.45) is -0.329. The first-order chi connectivity index (χ1) is 5.11. The SMILES string of the molecule is C=CC(=O)N(CC)CC(O)O. The Hall–Kier alpha value is -0.870. The number of carbonyl (C=O) groups excluding carboxylic acids is 1. The monoisotopic (exact) mass is 159 g/mol. The molecular weight excluding hydrogens is 146 g/mol. The van der Waals surface area contributed by atoms with Gasteiger partial charge in [-0.25, -0.2) is 0 Å². The lowest BCUT2D eigenvalue weighted by atomic mass is 10.4. The minimum Gasteiger partial charge on any atom is -0.367 e. The molecule has 0 fully saturated rings. The minimum absolute atomic E-state index is 0.0681. The van der Waals surface area contributed by atoms with Crippen LogP contribution in [0.3, 0.4) is 0 Å². The molecule has 0 unspecified atom stereocenters. The number of carbonyl (C=O) groups is 1. The summed E-state index contributed by atoms with van der Waals surface area (Å²) in [5.74, 6) is -0.291. The van der Waals surface area contributed by atoms with Crippen molar-refractivity contribution in [1.82, 2.24) is 4.90 Å². The van der Waals surface area contributed by atoms with Gasteiger partial charge in [0.2, 0.25) is 5.91 Å². The maximum Gasteiger partial charge on any atom is 0.246 e. The van der Waals surface area contributed by atoms with Crippen LogP contribution in [0.1, 0.15) is 6.92 Å². The van der Waals surface area contributed by atoms with Crippen molar-refractivity contribution in [1.29, 1.82) is 0 Å². The molecule has 4 heteroatoms. The topological polar surface area (TPSA) is 60.8 Å². The fourth-order valence-corrected chi connectivity index (χ4v) is 0.701. The molecule has 0 saturated carbocycles. The van der Waals surface area contributed by atoms with Crippen LogP contribution in [0.2, 0.25) is 0 Å². The highest BCUT2D eigenvalue weighted by Crippen LogP contribution is 1.91. The van der Waals surface area contributed by atoms with Gasteiger partial charge in [0, 0.05) is 6.54 Å². The highest BCUT2D eigenvalue weighted by Gasteiger charge is 2.10. The number of likely N-dealkylation sites (N-methyl/N-ethyl adjacent to an activating group) is 1. The van der Waals surface area contributed by atoms with Gasteiger partial charge in [0.25, 0.3) is 0 Å². The first-order valence-electron chi connectivity index (χ1n) is 3.39. The van der Waals surface area contributed by atoms with E-state index in [1.807, 2.05) is 0 Å². The molecule has 4 nitrogen and oxygen atoms in total. The first-order valence-corrected chi connectivity index (χ1v) is 3.39. The van der Waals surface area contributed by atoms with Crippen LogP contribution in [-0.2, 0) is 4.79 Å². The molecule has 0 bridgehead atoms. The highest BCUT2D eigenvalue weighted by molar-refractivity contribution is 5.86. The predicted octanol–water partition coefficient (Wildman–Crippen LogP) is -0.668. The van der Waals surface area contributed by atoms with E-state index in [9.17, 15) is 4.79 Å². The van der Waals surface area contributed by atoms with Gasteiger partial charge in [-0.05, 0) is 13.0 Å². The fourth-order valence-electron chi connectivity index (χ4n) is 0.701. The molecule has 11 heavy (non-hydrogen) atoms. The van der Waals surface area contributed by atoms with Crippen molar-refractivity contribution in [3.05, 3.63) is 12.7 Å². The molecule has 0 radical (unpaired) electrons. The summed E-state index contributed by atoms with van der Waals surface area (Å²) in [7, 11) is 0. The van der Waals surface area contributed by atoms with Gasteiger partial charge in [0.15, 0.2) is 6.29 Å². The Labute approximate surface area is 65.7 Å². The second kappa shape index (κ2) is 4.87. The van der Waals surface area contributed by atoms with Crippen LogP contribution in [0.4, 0.5) is 0 Å². The van der Waals surface area contributed by atoms with Gasteiger partial charge in [0.05, 0.1) is 6.54 Å². The van der Waals surface area contributed by atoms with Crippen LogP contribution in [0.15, 0.2) is 12.7 Å². The van der Waals surface area contributed by atoms with Crippen LogP contribution >= 0.6 is 0 Å². The van der Waals surface area contributed by atoms with Crippen molar-refractivity contribution in [2.75, 3.05) is 13.1 Å². The fraction of sp³-hybridized carbons (Fsp3) is 0.571. The maximum atomic E-state index is 10.9. The van der Waals surface area contributed by atoms with E-state index in [0.717, 1.165) is 6.08 Å². The van der Waals surface area contributed by atoms with E-state index in [0.29, 0.717) is 6.54 Å². The van der Waals surface area contributed by atoms with E-state index in [-0.39, 0.29) is 12.5 Å². The van der Waals surface area contributed by atoms with Gasteiger partial charge in [-0.2, -0.15) is 0 Å². The Morgan fingerprint density at radius 2 is 2.27 bits per heavy atom. The van der Waals surface area contributed by atoms with Gasteiger partial charge in [-0.1, -0.05) is 6.58 Å². The van der Waals surface area contributed by atoms with Crippen molar-refractivity contribution in [2.45, 2.75) is 13.2 Å². The second-order valence-electron chi connectivity index (χ2n) is 2.06. The number of aliphatic hydroxyl groups is 2. The molecule has 0 aromatic rings. The lowest BCUT2D eigenvalue weighted by molar-refractivity contribution is -0.132. The smallest absolute Gasteiger partial charge is 0.246 e. The van der Waals surface area contributed by atoms with E-state index >= 15 is 0 Å². The summed E-state index contributed by atoms with van der Waals surface area (Å²) < 4.78 is 0. The Kier molecular flexibility index (Phi) is 4.49. The normalized spacial score (nSPS) is 9.82. The van der Waals surface area contributed by atoms with Gasteiger partial charge in [0.1, 0.15) is 0 Å². The number of amides is 1. The molecule has 1 amide bonds. The molecular formula is C7H13NO3. The average Bonchev–Trinajstić information content (AvgIpc) is 1.98. The van der Waals surface area contributed by atoms with Crippen molar-refractivity contribution >= 4 is 5.91 Å². The third kappa shape index (κ3) is 3.75. The predicted molar refractivity (Wildman–Crippen MR) is 40.7 cm³/mol. The molecule has 0 saturated heterocycles. The van der Waals surface area contributed by atoms with Crippen molar-refractivity contribution < 1.29 is 15.0 Å². The molecule has 0 aromatic carbocycles. The molecule has 0 atom stereocenters. The average molecular weight is 159 g/mol. The van der Waals surface area contributed by atoms with E-state index < -0.39 is 6.29 Å². The van der Waals surface area contributed by atoms with Crippen molar-refractivity contribution in [3.63, 3.8) is 0 Å². The van der Waals surface area contributed by atoms with Crippen LogP contribution in [0.25, 0.3) is 0 Å². The highest BCUT2D eigenvalue weighted by atomic mass is 16.5.